The van der Waals surface area contributed by atoms with Gasteiger partial charge in [-0.2, -0.15) is 9.49 Å². The molecule has 0 aliphatic rings. The minimum Gasteiger partial charge on any atom is -0.481 e. The second-order valence-corrected chi connectivity index (χ2v) is 3.39. The molecule has 0 radical (unpaired) electrons. The third kappa shape index (κ3) is 2.31. The first-order chi connectivity index (χ1) is 6.52. The zero-order valence-corrected chi connectivity index (χ0v) is 8.20. The summed E-state index contributed by atoms with van der Waals surface area (Å²) in [6.07, 6.45) is 1.51. The Morgan fingerprint density at radius 3 is 2.79 bits per heavy atom. The average molecular weight is 200 g/mol. The number of carboxylic acids is 1. The van der Waals surface area contributed by atoms with Crippen molar-refractivity contribution in [1.82, 2.24) is 9.78 Å². The van der Waals surface area contributed by atoms with Gasteiger partial charge in [0.1, 0.15) is 0 Å². The quantitative estimate of drug-likeness (QED) is 0.803. The van der Waals surface area contributed by atoms with E-state index in [0.717, 1.165) is 0 Å². The van der Waals surface area contributed by atoms with Crippen molar-refractivity contribution in [2.24, 2.45) is 0 Å². The SMILES string of the molecule is CC(C)n1ncc(CCC(=O)O)c1F. The van der Waals surface area contributed by atoms with Crippen LogP contribution in [0.5, 0.6) is 0 Å². The van der Waals surface area contributed by atoms with Gasteiger partial charge in [-0.1, -0.05) is 0 Å². The fourth-order valence-corrected chi connectivity index (χ4v) is 1.15. The summed E-state index contributed by atoms with van der Waals surface area (Å²) >= 11 is 0. The van der Waals surface area contributed by atoms with Crippen LogP contribution in [-0.4, -0.2) is 20.9 Å². The van der Waals surface area contributed by atoms with Gasteiger partial charge in [-0.25, -0.2) is 4.68 Å². The molecule has 1 aromatic heterocycles. The van der Waals surface area contributed by atoms with Crippen molar-refractivity contribution in [3.05, 3.63) is 17.7 Å². The molecule has 1 rings (SSSR count). The number of aryl methyl sites for hydroxylation is 1. The van der Waals surface area contributed by atoms with Crippen LogP contribution in [0.15, 0.2) is 6.20 Å². The third-order valence-electron chi connectivity index (χ3n) is 1.90. The number of rotatable bonds is 4. The van der Waals surface area contributed by atoms with Gasteiger partial charge in [-0.3, -0.25) is 4.79 Å². The van der Waals surface area contributed by atoms with Crippen molar-refractivity contribution < 1.29 is 14.3 Å². The highest BCUT2D eigenvalue weighted by molar-refractivity contribution is 5.67. The maximum atomic E-state index is 13.4. The van der Waals surface area contributed by atoms with E-state index in [4.69, 9.17) is 5.11 Å². The molecule has 1 heterocycles. The van der Waals surface area contributed by atoms with Crippen LogP contribution in [0.4, 0.5) is 4.39 Å². The lowest BCUT2D eigenvalue weighted by Gasteiger charge is -2.05. The number of aliphatic carboxylic acids is 1. The van der Waals surface area contributed by atoms with Crippen molar-refractivity contribution in [2.45, 2.75) is 32.7 Å². The van der Waals surface area contributed by atoms with Crippen LogP contribution in [-0.2, 0) is 11.2 Å². The highest BCUT2D eigenvalue weighted by atomic mass is 19.1. The van der Waals surface area contributed by atoms with E-state index in [9.17, 15) is 9.18 Å². The van der Waals surface area contributed by atoms with Crippen LogP contribution in [0.25, 0.3) is 0 Å². The highest BCUT2D eigenvalue weighted by Gasteiger charge is 2.13. The molecular formula is C9H13FN2O2. The smallest absolute Gasteiger partial charge is 0.303 e. The molecule has 0 amide bonds. The number of nitrogens with zero attached hydrogens (tertiary/aromatic N) is 2. The second-order valence-electron chi connectivity index (χ2n) is 3.39. The second kappa shape index (κ2) is 4.21. The fourth-order valence-electron chi connectivity index (χ4n) is 1.15. The first-order valence-corrected chi connectivity index (χ1v) is 4.46. The summed E-state index contributed by atoms with van der Waals surface area (Å²) in [7, 11) is 0. The Bertz CT molecular complexity index is 334. The topological polar surface area (TPSA) is 55.1 Å². The minimum absolute atomic E-state index is 0.0476. The normalized spacial score (nSPS) is 10.9. The maximum Gasteiger partial charge on any atom is 0.303 e. The van der Waals surface area contributed by atoms with Crippen molar-refractivity contribution >= 4 is 5.97 Å². The summed E-state index contributed by atoms with van der Waals surface area (Å²) in [5.41, 5.74) is 0.362. The molecule has 0 bridgehead atoms. The van der Waals surface area contributed by atoms with Gasteiger partial charge >= 0.3 is 5.97 Å². The van der Waals surface area contributed by atoms with E-state index >= 15 is 0 Å². The van der Waals surface area contributed by atoms with Gasteiger partial charge in [0.05, 0.1) is 6.20 Å². The molecule has 1 N–H and O–H groups in total. The van der Waals surface area contributed by atoms with Gasteiger partial charge in [-0.15, -0.1) is 0 Å². The summed E-state index contributed by atoms with van der Waals surface area (Å²) in [6, 6.07) is -0.0476. The van der Waals surface area contributed by atoms with Crippen molar-refractivity contribution in [3.8, 4) is 0 Å². The molecule has 0 fully saturated rings. The van der Waals surface area contributed by atoms with Gasteiger partial charge < -0.3 is 5.11 Å². The monoisotopic (exact) mass is 200 g/mol. The molecule has 0 aliphatic heterocycles. The Morgan fingerprint density at radius 2 is 2.36 bits per heavy atom. The maximum absolute atomic E-state index is 13.4. The van der Waals surface area contributed by atoms with Crippen LogP contribution in [0, 0.1) is 5.95 Å². The number of carbonyl (C=O) groups is 1. The van der Waals surface area contributed by atoms with E-state index in [1.165, 1.54) is 10.9 Å². The zero-order valence-electron chi connectivity index (χ0n) is 8.20. The zero-order chi connectivity index (χ0) is 10.7. The number of hydrogen-bond acceptors (Lipinski definition) is 2. The summed E-state index contributed by atoms with van der Waals surface area (Å²) in [5, 5.41) is 12.3. The number of aromatic nitrogens is 2. The number of halogens is 1. The Hall–Kier alpha value is -1.39. The highest BCUT2D eigenvalue weighted by Crippen LogP contribution is 2.13. The lowest BCUT2D eigenvalue weighted by Crippen LogP contribution is -2.06. The van der Waals surface area contributed by atoms with Crippen LogP contribution in [0.2, 0.25) is 0 Å². The Balaban J connectivity index is 2.74. The van der Waals surface area contributed by atoms with Crippen molar-refractivity contribution in [1.29, 1.82) is 0 Å². The van der Waals surface area contributed by atoms with E-state index in [1.807, 2.05) is 13.8 Å². The van der Waals surface area contributed by atoms with Crippen LogP contribution in [0.1, 0.15) is 31.9 Å². The molecular weight excluding hydrogens is 187 g/mol. The van der Waals surface area contributed by atoms with E-state index in [1.54, 1.807) is 0 Å². The number of hydrogen-bond donors (Lipinski definition) is 1. The van der Waals surface area contributed by atoms with Crippen molar-refractivity contribution in [2.75, 3.05) is 0 Å². The predicted molar refractivity (Wildman–Crippen MR) is 48.5 cm³/mol. The molecule has 0 saturated carbocycles. The van der Waals surface area contributed by atoms with E-state index in [0.29, 0.717) is 5.56 Å². The molecule has 0 spiro atoms. The van der Waals surface area contributed by atoms with E-state index in [2.05, 4.69) is 5.10 Å². The molecule has 14 heavy (non-hydrogen) atoms. The minimum atomic E-state index is -0.929. The summed E-state index contributed by atoms with van der Waals surface area (Å²) in [4.78, 5) is 10.3. The lowest BCUT2D eigenvalue weighted by atomic mass is 10.2. The fraction of sp³-hybridized carbons (Fsp3) is 0.556. The van der Waals surface area contributed by atoms with Gasteiger partial charge in [0.15, 0.2) is 0 Å². The third-order valence-corrected chi connectivity index (χ3v) is 1.90. The first kappa shape index (κ1) is 10.7. The Morgan fingerprint density at radius 1 is 1.71 bits per heavy atom. The standard InChI is InChI=1S/C9H13FN2O2/c1-6(2)12-9(10)7(5-11-12)3-4-8(13)14/h5-6H,3-4H2,1-2H3,(H,13,14). The van der Waals surface area contributed by atoms with E-state index in [-0.39, 0.29) is 18.9 Å². The molecule has 78 valence electrons. The summed E-state index contributed by atoms with van der Waals surface area (Å²) in [5.74, 6) is -1.36. The molecule has 0 unspecified atom stereocenters. The molecule has 0 saturated heterocycles. The average Bonchev–Trinajstić information content (AvgIpc) is 2.43. The molecule has 5 heteroatoms. The predicted octanol–water partition coefficient (Wildman–Crippen LogP) is 1.62. The van der Waals surface area contributed by atoms with Gasteiger partial charge in [0.25, 0.3) is 0 Å². The van der Waals surface area contributed by atoms with Gasteiger partial charge in [0.2, 0.25) is 5.95 Å². The van der Waals surface area contributed by atoms with Crippen LogP contribution >= 0.6 is 0 Å². The van der Waals surface area contributed by atoms with E-state index < -0.39 is 11.9 Å². The Labute approximate surface area is 81.3 Å². The molecule has 0 atom stereocenters. The van der Waals surface area contributed by atoms with Gasteiger partial charge in [-0.05, 0) is 20.3 Å². The summed E-state index contributed by atoms with van der Waals surface area (Å²) < 4.78 is 14.7. The number of carboxylic acid groups (broad SMARTS) is 1. The molecule has 0 aromatic carbocycles. The first-order valence-electron chi connectivity index (χ1n) is 4.46. The van der Waals surface area contributed by atoms with Gasteiger partial charge in [0, 0.05) is 18.0 Å². The van der Waals surface area contributed by atoms with Crippen LogP contribution in [0.3, 0.4) is 0 Å². The lowest BCUT2D eigenvalue weighted by molar-refractivity contribution is -0.136. The van der Waals surface area contributed by atoms with Crippen LogP contribution < -0.4 is 0 Å². The molecule has 1 aromatic rings. The molecule has 4 nitrogen and oxygen atoms in total. The molecule has 0 aliphatic carbocycles. The Kier molecular flexibility index (Phi) is 3.22. The largest absolute Gasteiger partial charge is 0.481 e. The van der Waals surface area contributed by atoms with Crippen molar-refractivity contribution in [3.63, 3.8) is 0 Å². The summed E-state index contributed by atoms with van der Waals surface area (Å²) in [6.45, 7) is 3.63.